The lowest BCUT2D eigenvalue weighted by molar-refractivity contribution is 0.330. The molecule has 0 aliphatic rings. The third kappa shape index (κ3) is 3.81. The maximum Gasteiger partial charge on any atom is 0.252 e. The Morgan fingerprint density at radius 1 is 1.17 bits per heavy atom. The van der Waals surface area contributed by atoms with E-state index in [4.69, 9.17) is 4.74 Å². The smallest absolute Gasteiger partial charge is 0.252 e. The van der Waals surface area contributed by atoms with Gasteiger partial charge in [-0.05, 0) is 54.8 Å². The molecule has 124 valence electrons. The highest BCUT2D eigenvalue weighted by Crippen LogP contribution is 2.18. The van der Waals surface area contributed by atoms with E-state index in [1.54, 1.807) is 19.5 Å². The zero-order valence-electron chi connectivity index (χ0n) is 14.0. The first-order valence-corrected chi connectivity index (χ1v) is 7.93. The van der Waals surface area contributed by atoms with E-state index >= 15 is 0 Å². The van der Waals surface area contributed by atoms with Crippen LogP contribution in [0, 0.1) is 0 Å². The Bertz CT molecular complexity index is 875. The van der Waals surface area contributed by atoms with Crippen molar-refractivity contribution in [1.29, 1.82) is 0 Å². The summed E-state index contributed by atoms with van der Waals surface area (Å²) in [4.78, 5) is 21.4. The molecule has 1 N–H and O–H groups in total. The van der Waals surface area contributed by atoms with Crippen molar-refractivity contribution in [1.82, 2.24) is 14.9 Å². The van der Waals surface area contributed by atoms with Gasteiger partial charge in [-0.25, -0.2) is 0 Å². The van der Waals surface area contributed by atoms with Crippen molar-refractivity contribution in [2.75, 3.05) is 20.7 Å². The van der Waals surface area contributed by atoms with Gasteiger partial charge in [0.25, 0.3) is 5.56 Å². The third-order valence-corrected chi connectivity index (χ3v) is 4.10. The lowest BCUT2D eigenvalue weighted by atomic mass is 10.1. The molecule has 3 rings (SSSR count). The largest absolute Gasteiger partial charge is 0.497 e. The van der Waals surface area contributed by atoms with Crippen LogP contribution in [0.4, 0.5) is 0 Å². The summed E-state index contributed by atoms with van der Waals surface area (Å²) in [7, 11) is 3.64. The molecule has 0 aliphatic carbocycles. The number of benzene rings is 1. The SMILES string of the molecule is COc1ccc2cc(CN(C)CCc3ccncc3)c(=O)[nH]c2c1. The first kappa shape index (κ1) is 16.2. The quantitative estimate of drug-likeness (QED) is 0.757. The fourth-order valence-corrected chi connectivity index (χ4v) is 2.71. The van der Waals surface area contributed by atoms with E-state index < -0.39 is 0 Å². The zero-order chi connectivity index (χ0) is 16.9. The molecular weight excluding hydrogens is 302 g/mol. The Balaban J connectivity index is 1.72. The second-order valence-corrected chi connectivity index (χ2v) is 5.92. The van der Waals surface area contributed by atoms with Crippen LogP contribution in [-0.2, 0) is 13.0 Å². The van der Waals surface area contributed by atoms with E-state index in [0.29, 0.717) is 6.54 Å². The summed E-state index contributed by atoms with van der Waals surface area (Å²) in [6.45, 7) is 1.49. The fourth-order valence-electron chi connectivity index (χ4n) is 2.71. The van der Waals surface area contributed by atoms with Crippen LogP contribution in [0.15, 0.2) is 53.6 Å². The van der Waals surface area contributed by atoms with Crippen molar-refractivity contribution in [2.45, 2.75) is 13.0 Å². The number of aromatic nitrogens is 2. The maximum atomic E-state index is 12.3. The average molecular weight is 323 g/mol. The fraction of sp³-hybridized carbons (Fsp3) is 0.263. The molecule has 0 bridgehead atoms. The van der Waals surface area contributed by atoms with Crippen LogP contribution in [0.3, 0.4) is 0 Å². The van der Waals surface area contributed by atoms with Gasteiger partial charge in [0, 0.05) is 37.1 Å². The van der Waals surface area contributed by atoms with Gasteiger partial charge in [-0.15, -0.1) is 0 Å². The highest BCUT2D eigenvalue weighted by molar-refractivity contribution is 5.80. The molecule has 3 aromatic rings. The highest BCUT2D eigenvalue weighted by Gasteiger charge is 2.07. The molecule has 0 atom stereocenters. The second-order valence-electron chi connectivity index (χ2n) is 5.92. The van der Waals surface area contributed by atoms with Crippen molar-refractivity contribution < 1.29 is 4.74 Å². The van der Waals surface area contributed by atoms with Gasteiger partial charge in [0.15, 0.2) is 0 Å². The number of likely N-dealkylation sites (N-methyl/N-ethyl adjacent to an activating group) is 1. The summed E-state index contributed by atoms with van der Waals surface area (Å²) in [5, 5.41) is 1.01. The van der Waals surface area contributed by atoms with Gasteiger partial charge in [0.1, 0.15) is 5.75 Å². The van der Waals surface area contributed by atoms with Crippen LogP contribution in [0.5, 0.6) is 5.75 Å². The topological polar surface area (TPSA) is 58.2 Å². The molecule has 1 aromatic carbocycles. The van der Waals surface area contributed by atoms with Crippen LogP contribution in [0.1, 0.15) is 11.1 Å². The Morgan fingerprint density at radius 2 is 1.96 bits per heavy atom. The van der Waals surface area contributed by atoms with Crippen molar-refractivity contribution in [3.8, 4) is 5.75 Å². The average Bonchev–Trinajstić information content (AvgIpc) is 2.61. The van der Waals surface area contributed by atoms with Crippen molar-refractivity contribution in [2.24, 2.45) is 0 Å². The monoisotopic (exact) mass is 323 g/mol. The minimum Gasteiger partial charge on any atom is -0.497 e. The van der Waals surface area contributed by atoms with Crippen LogP contribution in [0.2, 0.25) is 0 Å². The number of rotatable bonds is 6. The van der Waals surface area contributed by atoms with Gasteiger partial charge in [-0.1, -0.05) is 0 Å². The lowest BCUT2D eigenvalue weighted by Crippen LogP contribution is -2.25. The first-order valence-electron chi connectivity index (χ1n) is 7.93. The Labute approximate surface area is 140 Å². The van der Waals surface area contributed by atoms with Crippen molar-refractivity contribution in [3.05, 3.63) is 70.3 Å². The number of nitrogens with one attached hydrogen (secondary N) is 1. The van der Waals surface area contributed by atoms with Crippen LogP contribution in [0.25, 0.3) is 10.9 Å². The number of nitrogens with zero attached hydrogens (tertiary/aromatic N) is 2. The van der Waals surface area contributed by atoms with Gasteiger partial charge in [-0.3, -0.25) is 9.78 Å². The number of fused-ring (bicyclic) bond motifs is 1. The van der Waals surface area contributed by atoms with E-state index in [0.717, 1.165) is 35.2 Å². The molecule has 0 fully saturated rings. The predicted molar refractivity (Wildman–Crippen MR) is 95.4 cm³/mol. The van der Waals surface area contributed by atoms with Gasteiger partial charge in [-0.2, -0.15) is 0 Å². The molecule has 24 heavy (non-hydrogen) atoms. The normalized spacial score (nSPS) is 11.1. The van der Waals surface area contributed by atoms with Gasteiger partial charge < -0.3 is 14.6 Å². The minimum absolute atomic E-state index is 0.0495. The molecule has 0 spiro atoms. The number of ether oxygens (including phenoxy) is 1. The number of hydrogen-bond donors (Lipinski definition) is 1. The standard InChI is InChI=1S/C19H21N3O2/c1-22(10-7-14-5-8-20-9-6-14)13-16-11-15-3-4-17(24-2)12-18(15)21-19(16)23/h3-6,8-9,11-12H,7,10,13H2,1-2H3,(H,21,23). The van der Waals surface area contributed by atoms with Crippen molar-refractivity contribution in [3.63, 3.8) is 0 Å². The molecule has 0 radical (unpaired) electrons. The Hall–Kier alpha value is -2.66. The maximum absolute atomic E-state index is 12.3. The van der Waals surface area contributed by atoms with Gasteiger partial charge in [0.2, 0.25) is 0 Å². The number of H-pyrrole nitrogens is 1. The van der Waals surface area contributed by atoms with Crippen molar-refractivity contribution >= 4 is 10.9 Å². The molecule has 2 aromatic heterocycles. The molecule has 0 amide bonds. The first-order chi connectivity index (χ1) is 11.7. The number of aromatic amines is 1. The second kappa shape index (κ2) is 7.27. The third-order valence-electron chi connectivity index (χ3n) is 4.10. The summed E-state index contributed by atoms with van der Waals surface area (Å²) in [6, 6.07) is 11.7. The highest BCUT2D eigenvalue weighted by atomic mass is 16.5. The molecule has 0 aliphatic heterocycles. The van der Waals surface area contributed by atoms with Crippen LogP contribution < -0.4 is 10.3 Å². The molecule has 2 heterocycles. The van der Waals surface area contributed by atoms with Gasteiger partial charge in [0.05, 0.1) is 12.6 Å². The van der Waals surface area contributed by atoms with E-state index in [1.165, 1.54) is 5.56 Å². The minimum atomic E-state index is -0.0495. The molecule has 5 heteroatoms. The number of pyridine rings is 2. The van der Waals surface area contributed by atoms with E-state index in [-0.39, 0.29) is 5.56 Å². The van der Waals surface area contributed by atoms with Gasteiger partial charge >= 0.3 is 0 Å². The predicted octanol–water partition coefficient (Wildman–Crippen LogP) is 2.61. The van der Waals surface area contributed by atoms with Crippen LogP contribution >= 0.6 is 0 Å². The van der Waals surface area contributed by atoms with E-state index in [2.05, 4.69) is 14.9 Å². The summed E-state index contributed by atoms with van der Waals surface area (Å²) in [5.41, 5.74) is 2.76. The molecule has 0 saturated carbocycles. The number of methoxy groups -OCH3 is 1. The molecule has 0 unspecified atom stereocenters. The molecule has 5 nitrogen and oxygen atoms in total. The molecular formula is C19H21N3O2. The lowest BCUT2D eigenvalue weighted by Gasteiger charge is -2.16. The zero-order valence-corrected chi connectivity index (χ0v) is 14.0. The Kier molecular flexibility index (Phi) is 4.91. The van der Waals surface area contributed by atoms with Crippen LogP contribution in [-0.4, -0.2) is 35.6 Å². The summed E-state index contributed by atoms with van der Waals surface area (Å²) >= 11 is 0. The Morgan fingerprint density at radius 3 is 2.71 bits per heavy atom. The summed E-state index contributed by atoms with van der Waals surface area (Å²) in [6.07, 6.45) is 4.54. The number of hydrogen-bond acceptors (Lipinski definition) is 4. The van der Waals surface area contributed by atoms with E-state index in [1.807, 2.05) is 43.4 Å². The van der Waals surface area contributed by atoms with E-state index in [9.17, 15) is 4.79 Å². The summed E-state index contributed by atoms with van der Waals surface area (Å²) in [5.74, 6) is 0.736. The molecule has 0 saturated heterocycles. The summed E-state index contributed by atoms with van der Waals surface area (Å²) < 4.78 is 5.20.